The van der Waals surface area contributed by atoms with Gasteiger partial charge in [0.15, 0.2) is 5.10 Å². The van der Waals surface area contributed by atoms with Crippen LogP contribution in [0.25, 0.3) is 0 Å². The van der Waals surface area contributed by atoms with Crippen LogP contribution in [0.1, 0.15) is 0 Å². The zero-order valence-electron chi connectivity index (χ0n) is 7.15. The summed E-state index contributed by atoms with van der Waals surface area (Å²) in [7, 11) is 0. The van der Waals surface area contributed by atoms with Crippen molar-refractivity contribution in [2.45, 2.75) is 6.54 Å². The van der Waals surface area contributed by atoms with Crippen molar-refractivity contribution >= 4 is 17.3 Å². The zero-order chi connectivity index (χ0) is 11.6. The Kier molecular flexibility index (Phi) is 2.48. The molecule has 0 aliphatic carbocycles. The second-order valence-electron chi connectivity index (χ2n) is 2.39. The average molecular weight is 212 g/mol. The molecule has 0 fully saturated rings. The van der Waals surface area contributed by atoms with Gasteiger partial charge in [0, 0.05) is 0 Å². The predicted octanol–water partition coefficient (Wildman–Crippen LogP) is -0.195. The molecule has 0 aliphatic rings. The molecule has 0 bridgehead atoms. The lowest BCUT2D eigenvalue weighted by molar-refractivity contribution is -0.393. The summed E-state index contributed by atoms with van der Waals surface area (Å²) in [5.74, 6) is -1.57. The van der Waals surface area contributed by atoms with Gasteiger partial charge in [-0.2, -0.15) is 5.26 Å². The molecule has 0 unspecified atom stereocenters. The molecular formula is C5H4N6O4. The van der Waals surface area contributed by atoms with Gasteiger partial charge in [0.05, 0.1) is 0 Å². The second kappa shape index (κ2) is 3.58. The Bertz CT molecular complexity index is 471. The van der Waals surface area contributed by atoms with Crippen LogP contribution in [-0.2, 0) is 6.54 Å². The third-order valence-corrected chi connectivity index (χ3v) is 1.51. The highest BCUT2D eigenvalue weighted by Gasteiger charge is 2.34. The summed E-state index contributed by atoms with van der Waals surface area (Å²) in [4.78, 5) is 19.0. The van der Waals surface area contributed by atoms with Crippen LogP contribution >= 0.6 is 0 Å². The Hall–Kier alpha value is -2.70. The summed E-state index contributed by atoms with van der Waals surface area (Å²) >= 11 is 0. The molecule has 15 heavy (non-hydrogen) atoms. The molecule has 1 rings (SSSR count). The van der Waals surface area contributed by atoms with Crippen LogP contribution in [0.3, 0.4) is 0 Å². The van der Waals surface area contributed by atoms with Gasteiger partial charge in [0.2, 0.25) is 12.2 Å². The van der Waals surface area contributed by atoms with Crippen molar-refractivity contribution in [1.29, 1.82) is 5.26 Å². The van der Waals surface area contributed by atoms with E-state index in [1.54, 1.807) is 6.07 Å². The predicted molar refractivity (Wildman–Crippen MR) is 45.6 cm³/mol. The molecular weight excluding hydrogens is 208 g/mol. The zero-order valence-corrected chi connectivity index (χ0v) is 7.15. The summed E-state index contributed by atoms with van der Waals surface area (Å²) in [6.07, 6.45) is 0. The Labute approximate surface area is 81.8 Å². The quantitative estimate of drug-likeness (QED) is 0.537. The largest absolute Gasteiger partial charge is 0.443 e. The minimum atomic E-state index is -0.948. The van der Waals surface area contributed by atoms with Gasteiger partial charge < -0.3 is 26.0 Å². The highest BCUT2D eigenvalue weighted by Crippen LogP contribution is 2.30. The van der Waals surface area contributed by atoms with E-state index in [0.29, 0.717) is 4.68 Å². The molecule has 0 spiro atoms. The molecule has 1 heterocycles. The van der Waals surface area contributed by atoms with Gasteiger partial charge in [0.1, 0.15) is 6.07 Å². The van der Waals surface area contributed by atoms with Crippen molar-refractivity contribution in [2.75, 3.05) is 5.73 Å². The molecule has 0 atom stereocenters. The number of hydrogen-bond donors (Lipinski definition) is 1. The third kappa shape index (κ3) is 1.66. The molecule has 0 saturated carbocycles. The lowest BCUT2D eigenvalue weighted by Crippen LogP contribution is -2.04. The number of nitrogens with two attached hydrogens (primary N) is 1. The Morgan fingerprint density at radius 1 is 1.47 bits per heavy atom. The number of nitrogen functional groups attached to an aromatic ring is 1. The Balaban J connectivity index is 3.40. The number of rotatable bonds is 3. The maximum Gasteiger partial charge on any atom is 0.443 e. The van der Waals surface area contributed by atoms with Gasteiger partial charge in [-0.1, -0.05) is 0 Å². The van der Waals surface area contributed by atoms with Crippen molar-refractivity contribution < 1.29 is 9.85 Å². The topological polar surface area (TPSA) is 154 Å². The molecule has 0 aromatic carbocycles. The fourth-order valence-electron chi connectivity index (χ4n) is 0.959. The fraction of sp³-hybridized carbons (Fsp3) is 0.200. The molecule has 1 aromatic heterocycles. The van der Waals surface area contributed by atoms with Crippen molar-refractivity contribution in [3.8, 4) is 6.07 Å². The number of aromatic nitrogens is 2. The van der Waals surface area contributed by atoms with E-state index in [2.05, 4.69) is 5.10 Å². The van der Waals surface area contributed by atoms with E-state index in [4.69, 9.17) is 11.0 Å². The molecule has 1 aromatic rings. The first kappa shape index (κ1) is 10.4. The molecule has 0 amide bonds. The summed E-state index contributed by atoms with van der Waals surface area (Å²) < 4.78 is 0.577. The fourth-order valence-corrected chi connectivity index (χ4v) is 0.959. The first-order valence-corrected chi connectivity index (χ1v) is 3.51. The lowest BCUT2D eigenvalue weighted by atomic mass is 10.5. The molecule has 10 nitrogen and oxygen atoms in total. The van der Waals surface area contributed by atoms with Gasteiger partial charge in [-0.15, -0.1) is 0 Å². The number of nitriles is 1. The Morgan fingerprint density at radius 2 is 2.07 bits per heavy atom. The van der Waals surface area contributed by atoms with Crippen molar-refractivity contribution in [1.82, 2.24) is 9.78 Å². The normalized spacial score (nSPS) is 9.53. The molecule has 0 radical (unpaired) electrons. The smallest absolute Gasteiger partial charge is 0.385 e. The minimum absolute atomic E-state index is 0.478. The average Bonchev–Trinajstić information content (AvgIpc) is 2.43. The number of hydrogen-bond acceptors (Lipinski definition) is 7. The van der Waals surface area contributed by atoms with Crippen LogP contribution < -0.4 is 5.73 Å². The van der Waals surface area contributed by atoms with Gasteiger partial charge in [-0.3, -0.25) is 0 Å². The molecule has 78 valence electrons. The first-order valence-electron chi connectivity index (χ1n) is 3.51. The van der Waals surface area contributed by atoms with E-state index in [-0.39, 0.29) is 0 Å². The SMILES string of the molecule is N#CCn1nc([N+](=O)[O-])c(N)c1[N+](=O)[O-]. The lowest BCUT2D eigenvalue weighted by Gasteiger charge is -1.91. The van der Waals surface area contributed by atoms with Gasteiger partial charge in [-0.05, 0) is 14.5 Å². The molecule has 10 heteroatoms. The first-order chi connectivity index (χ1) is 6.99. The van der Waals surface area contributed by atoms with E-state index < -0.39 is 33.7 Å². The summed E-state index contributed by atoms with van der Waals surface area (Å²) in [5.41, 5.74) is 4.51. The van der Waals surface area contributed by atoms with Crippen LogP contribution in [-0.4, -0.2) is 19.6 Å². The van der Waals surface area contributed by atoms with E-state index in [9.17, 15) is 20.2 Å². The molecule has 0 aliphatic heterocycles. The maximum atomic E-state index is 10.5. The van der Waals surface area contributed by atoms with Crippen LogP contribution in [0.2, 0.25) is 0 Å². The van der Waals surface area contributed by atoms with Gasteiger partial charge >= 0.3 is 11.6 Å². The number of nitrogens with zero attached hydrogens (tertiary/aromatic N) is 5. The molecule has 2 N–H and O–H groups in total. The van der Waals surface area contributed by atoms with Crippen LogP contribution in [0, 0.1) is 31.6 Å². The van der Waals surface area contributed by atoms with Gasteiger partial charge in [-0.25, -0.2) is 0 Å². The summed E-state index contributed by atoms with van der Waals surface area (Å²) in [6.45, 7) is -0.478. The van der Waals surface area contributed by atoms with Crippen LogP contribution in [0.15, 0.2) is 0 Å². The monoisotopic (exact) mass is 212 g/mol. The van der Waals surface area contributed by atoms with Gasteiger partial charge in [0.25, 0.3) is 0 Å². The van der Waals surface area contributed by atoms with Crippen molar-refractivity contribution in [3.05, 3.63) is 20.2 Å². The Morgan fingerprint density at radius 3 is 2.47 bits per heavy atom. The van der Waals surface area contributed by atoms with Crippen molar-refractivity contribution in [2.24, 2.45) is 0 Å². The third-order valence-electron chi connectivity index (χ3n) is 1.51. The maximum absolute atomic E-state index is 10.5. The minimum Gasteiger partial charge on any atom is -0.385 e. The standard InChI is InChI=1S/C5H4N6O4/c6-1-2-9-5(11(14)15)3(7)4(8-9)10(12)13/h2,7H2. The number of nitro groups is 2. The van der Waals surface area contributed by atoms with Crippen molar-refractivity contribution in [3.63, 3.8) is 0 Å². The molecule has 0 saturated heterocycles. The second-order valence-corrected chi connectivity index (χ2v) is 2.39. The van der Waals surface area contributed by atoms with E-state index >= 15 is 0 Å². The highest BCUT2D eigenvalue weighted by molar-refractivity contribution is 5.65. The van der Waals surface area contributed by atoms with E-state index in [1.807, 2.05) is 0 Å². The van der Waals surface area contributed by atoms with Crippen LogP contribution in [0.5, 0.6) is 0 Å². The van der Waals surface area contributed by atoms with E-state index in [0.717, 1.165) is 0 Å². The number of anilines is 1. The summed E-state index contributed by atoms with van der Waals surface area (Å²) in [5, 5.41) is 32.4. The highest BCUT2D eigenvalue weighted by atomic mass is 16.6. The summed E-state index contributed by atoms with van der Waals surface area (Å²) in [6, 6.07) is 1.58. The van der Waals surface area contributed by atoms with E-state index in [1.165, 1.54) is 0 Å². The van der Waals surface area contributed by atoms with Crippen LogP contribution in [0.4, 0.5) is 17.3 Å².